The van der Waals surface area contributed by atoms with Crippen molar-refractivity contribution in [2.24, 2.45) is 0 Å². The van der Waals surface area contributed by atoms with Crippen LogP contribution in [0.1, 0.15) is 25.8 Å². The van der Waals surface area contributed by atoms with E-state index in [1.807, 2.05) is 91.0 Å². The normalized spacial score (nSPS) is 13.8. The van der Waals surface area contributed by atoms with Crippen molar-refractivity contribution in [3.63, 3.8) is 0 Å². The third kappa shape index (κ3) is 7.51. The number of para-hydroxylation sites is 2. The minimum absolute atomic E-state index is 0.00265. The summed E-state index contributed by atoms with van der Waals surface area (Å²) >= 11 is 0. The first-order valence-electron chi connectivity index (χ1n) is 20.5. The van der Waals surface area contributed by atoms with Gasteiger partial charge in [-0.2, -0.15) is 0 Å². The van der Waals surface area contributed by atoms with Crippen molar-refractivity contribution in [3.8, 4) is 34.1 Å². The zero-order chi connectivity index (χ0) is 45.2. The first kappa shape index (κ1) is 42.3. The van der Waals surface area contributed by atoms with Gasteiger partial charge in [-0.25, -0.2) is 0 Å². The second-order valence-electron chi connectivity index (χ2n) is 15.2. The molecule has 314 valence electrons. The summed E-state index contributed by atoms with van der Waals surface area (Å²) in [6.45, 7) is 7.02. The first-order valence-corrected chi connectivity index (χ1v) is 20.5. The van der Waals surface area contributed by atoms with Gasteiger partial charge in [-0.1, -0.05) is 140 Å². The largest absolute Gasteiger partial charge is 0.512 e. The number of aliphatic hydroxyl groups excluding tert-OH is 2. The molecule has 7 aromatic rings. The number of benzene rings is 6. The molecule has 1 aromatic heterocycles. The van der Waals surface area contributed by atoms with Crippen LogP contribution in [0.25, 0.3) is 55.0 Å². The molecule has 9 nitrogen and oxygen atoms in total. The minimum atomic E-state index is -1.28. The Kier molecular flexibility index (Phi) is 11.6. The number of aliphatic hydroxyl groups is 2. The second-order valence-corrected chi connectivity index (χ2v) is 15.2. The summed E-state index contributed by atoms with van der Waals surface area (Å²) in [6, 6.07) is 36.4. The van der Waals surface area contributed by atoms with Gasteiger partial charge in [0.1, 0.15) is 13.5 Å². The van der Waals surface area contributed by atoms with Crippen LogP contribution in [0.5, 0.6) is 23.0 Å². The molecule has 1 heterocycles. The number of phenols is 4. The molecule has 0 fully saturated rings. The molecule has 1 amide bonds. The molecule has 8 rings (SSSR count). The molecule has 64 heavy (non-hydrogen) atoms. The van der Waals surface area contributed by atoms with Crippen LogP contribution in [0.2, 0.25) is 0 Å². The molecule has 0 aliphatic heterocycles. The van der Waals surface area contributed by atoms with E-state index in [0.717, 1.165) is 54.3 Å². The van der Waals surface area contributed by atoms with E-state index in [0.29, 0.717) is 12.0 Å². The summed E-state index contributed by atoms with van der Waals surface area (Å²) in [5.41, 5.74) is 3.27. The number of hydrogen-bond donors (Lipinski definition) is 6. The van der Waals surface area contributed by atoms with Gasteiger partial charge in [0.2, 0.25) is 0 Å². The van der Waals surface area contributed by atoms with Gasteiger partial charge in [0.15, 0.2) is 28.8 Å². The summed E-state index contributed by atoms with van der Waals surface area (Å²) < 4.78 is 2.16. The number of rotatable bonds is 10. The average Bonchev–Trinajstić information content (AvgIpc) is 3.45. The van der Waals surface area contributed by atoms with Crippen LogP contribution in [-0.4, -0.2) is 49.0 Å². The molecule has 2 radical (unpaired) electrons. The molecule has 0 saturated heterocycles. The van der Waals surface area contributed by atoms with Crippen LogP contribution in [-0.2, 0) is 4.79 Å². The number of allylic oxidation sites excluding steroid dienone is 14. The lowest BCUT2D eigenvalue weighted by Gasteiger charge is -2.27. The van der Waals surface area contributed by atoms with Crippen molar-refractivity contribution in [1.29, 1.82) is 0 Å². The Morgan fingerprint density at radius 1 is 0.750 bits per heavy atom. The van der Waals surface area contributed by atoms with Crippen LogP contribution in [0.15, 0.2) is 199 Å². The number of fused-ring (bicyclic) bond motifs is 4. The monoisotopic (exact) mass is 842 g/mol. The van der Waals surface area contributed by atoms with E-state index < -0.39 is 45.8 Å². The maximum Gasteiger partial charge on any atom is 0.297 e. The van der Waals surface area contributed by atoms with Crippen LogP contribution in [0, 0.1) is 0 Å². The molecule has 1 aliphatic rings. The number of aromatic nitrogens is 1. The van der Waals surface area contributed by atoms with Gasteiger partial charge in [0, 0.05) is 34.2 Å². The van der Waals surface area contributed by atoms with E-state index in [1.165, 1.54) is 25.1 Å². The van der Waals surface area contributed by atoms with E-state index >= 15 is 0 Å². The molecule has 0 unspecified atom stereocenters. The Morgan fingerprint density at radius 3 is 1.97 bits per heavy atom. The zero-order valence-electron chi connectivity index (χ0n) is 35.1. The van der Waals surface area contributed by atoms with Gasteiger partial charge in [0.05, 0.1) is 22.4 Å². The third-order valence-corrected chi connectivity index (χ3v) is 11.3. The highest BCUT2D eigenvalue weighted by Crippen LogP contribution is 2.55. The highest BCUT2D eigenvalue weighted by atomic mass is 16.3. The lowest BCUT2D eigenvalue weighted by molar-refractivity contribution is -0.116. The van der Waals surface area contributed by atoms with Crippen molar-refractivity contribution >= 4 is 69.0 Å². The maximum atomic E-state index is 14.8. The summed E-state index contributed by atoms with van der Waals surface area (Å²) in [4.78, 5) is 15.6. The molecule has 0 saturated carbocycles. The number of hydrogen-bond acceptors (Lipinski definition) is 7. The summed E-state index contributed by atoms with van der Waals surface area (Å²) in [5, 5.41) is 73.2. The first-order chi connectivity index (χ1) is 30.9. The number of amides is 1. The smallest absolute Gasteiger partial charge is 0.297 e. The Morgan fingerprint density at radius 2 is 1.34 bits per heavy atom. The van der Waals surface area contributed by atoms with Gasteiger partial charge in [0.25, 0.3) is 5.91 Å². The Bertz CT molecular complexity index is 3180. The van der Waals surface area contributed by atoms with Crippen molar-refractivity contribution in [2.45, 2.75) is 20.3 Å². The van der Waals surface area contributed by atoms with Crippen molar-refractivity contribution in [3.05, 3.63) is 204 Å². The third-order valence-electron chi connectivity index (χ3n) is 11.3. The molecule has 6 aromatic carbocycles. The Hall–Kier alpha value is -8.37. The molecule has 0 atom stereocenters. The van der Waals surface area contributed by atoms with Gasteiger partial charge in [-0.05, 0) is 82.7 Å². The van der Waals surface area contributed by atoms with E-state index in [1.54, 1.807) is 49.4 Å². The van der Waals surface area contributed by atoms with Gasteiger partial charge in [-0.3, -0.25) is 9.69 Å². The summed E-state index contributed by atoms with van der Waals surface area (Å²) in [5.74, 6) is -6.46. The predicted molar refractivity (Wildman–Crippen MR) is 259 cm³/mol. The zero-order valence-corrected chi connectivity index (χ0v) is 35.1. The molecular weight excluding hydrogens is 799 g/mol. The van der Waals surface area contributed by atoms with Crippen LogP contribution in [0.3, 0.4) is 0 Å². The molecular formula is C54H43BN2O7. The fourth-order valence-electron chi connectivity index (χ4n) is 8.28. The molecule has 0 spiro atoms. The number of phenolic OH excluding ortho intramolecular Hbond substituents is 4. The molecule has 1 aliphatic carbocycles. The second kappa shape index (κ2) is 17.5. The topological polar surface area (TPSA) is 147 Å². The van der Waals surface area contributed by atoms with Crippen molar-refractivity contribution in [2.75, 3.05) is 4.90 Å². The molecule has 0 bridgehead atoms. The van der Waals surface area contributed by atoms with E-state index in [2.05, 4.69) is 23.3 Å². The SMILES string of the molecule is [B]C(/C(C1=CCC(n2c3ccccc3c3ccccc32)=CC=C1)=C(\C)O)=C(\O)C(=O)N(c1ccc(-c2cccc3ccccc23)cc1)c1c(O)c(O)c(C(=C)/C=C\C=C/C)c(O)c1O. The summed E-state index contributed by atoms with van der Waals surface area (Å²) in [7, 11) is 6.65. The van der Waals surface area contributed by atoms with Gasteiger partial charge >= 0.3 is 0 Å². The Labute approximate surface area is 371 Å². The lowest BCUT2D eigenvalue weighted by atomic mass is 9.81. The average molecular weight is 843 g/mol. The highest BCUT2D eigenvalue weighted by Gasteiger charge is 2.34. The van der Waals surface area contributed by atoms with Crippen molar-refractivity contribution in [1.82, 2.24) is 4.57 Å². The van der Waals surface area contributed by atoms with Crippen LogP contribution in [0.4, 0.5) is 11.4 Å². The van der Waals surface area contributed by atoms with Crippen molar-refractivity contribution < 1.29 is 35.4 Å². The quantitative estimate of drug-likeness (QED) is 0.0201. The van der Waals surface area contributed by atoms with E-state index in [4.69, 9.17) is 7.85 Å². The standard InChI is InChI=1S/C54H43BN2O7/c1-4-5-6-15-32(2)45-49(59)52(62)48(53(63)50(45)60)57(38-29-26-35(27-30-38)40-23-14-17-34-16-7-8-20-39(34)40)54(64)51(61)47(55)46(33(3)58)36-18-13-19-37(31-28-36)56-43-24-11-9-21-41(43)42-22-10-12-25-44(42)56/h4-30,58-63H,2,31H2,1,3H3/b5-4-,15-6-,46-33+,51-47-. The number of anilines is 2. The fraction of sp³-hybridized carbons (Fsp3) is 0.0556. The fourth-order valence-corrected chi connectivity index (χ4v) is 8.28. The van der Waals surface area contributed by atoms with E-state index in [9.17, 15) is 35.4 Å². The van der Waals surface area contributed by atoms with Gasteiger partial charge in [-0.15, -0.1) is 0 Å². The lowest BCUT2D eigenvalue weighted by Crippen LogP contribution is -2.29. The summed E-state index contributed by atoms with van der Waals surface area (Å²) in [6.07, 6.45) is 14.1. The number of carbonyl (C=O) groups excluding carboxylic acids is 1. The van der Waals surface area contributed by atoms with Crippen LogP contribution < -0.4 is 4.90 Å². The minimum Gasteiger partial charge on any atom is -0.512 e. The Balaban J connectivity index is 1.22. The molecule has 6 N–H and O–H groups in total. The number of carbonyl (C=O) groups is 1. The number of nitrogens with zero attached hydrogens (tertiary/aromatic N) is 2. The van der Waals surface area contributed by atoms with Crippen LogP contribution >= 0.6 is 0 Å². The van der Waals surface area contributed by atoms with Gasteiger partial charge < -0.3 is 35.2 Å². The van der Waals surface area contributed by atoms with E-state index in [-0.39, 0.29) is 28.2 Å². The highest BCUT2D eigenvalue weighted by molar-refractivity contribution is 6.29. The maximum absolute atomic E-state index is 14.8. The molecule has 10 heteroatoms. The predicted octanol–water partition coefficient (Wildman–Crippen LogP) is 12.4. The number of aromatic hydroxyl groups is 4.